The lowest BCUT2D eigenvalue weighted by Gasteiger charge is -2.22. The van der Waals surface area contributed by atoms with Crippen molar-refractivity contribution in [3.05, 3.63) is 41.1 Å². The molecular formula is C16H22N4O. The number of piperidine rings is 1. The third-order valence-corrected chi connectivity index (χ3v) is 4.28. The van der Waals surface area contributed by atoms with Crippen LogP contribution in [0.3, 0.4) is 0 Å². The summed E-state index contributed by atoms with van der Waals surface area (Å²) in [6.45, 7) is 6.23. The van der Waals surface area contributed by atoms with Gasteiger partial charge in [-0.3, -0.25) is 0 Å². The number of nitrogens with one attached hydrogen (secondary N) is 2. The summed E-state index contributed by atoms with van der Waals surface area (Å²) < 4.78 is 0. The van der Waals surface area contributed by atoms with E-state index in [1.165, 1.54) is 11.1 Å². The zero-order valence-electron chi connectivity index (χ0n) is 12.6. The molecule has 0 radical (unpaired) electrons. The number of hydrogen-bond acceptors (Lipinski definition) is 4. The molecule has 0 bridgehead atoms. The number of benzene rings is 1. The molecule has 1 aromatic carbocycles. The molecule has 1 fully saturated rings. The molecule has 3 N–H and O–H groups in total. The highest BCUT2D eigenvalue weighted by atomic mass is 16.5. The first-order valence-electron chi connectivity index (χ1n) is 7.47. The number of anilines is 2. The van der Waals surface area contributed by atoms with Gasteiger partial charge in [-0.05, 0) is 69.0 Å². The van der Waals surface area contributed by atoms with Crippen LogP contribution >= 0.6 is 0 Å². The molecule has 112 valence electrons. The molecule has 5 heteroatoms. The largest absolute Gasteiger partial charge is 0.412 e. The van der Waals surface area contributed by atoms with Crippen LogP contribution in [0.2, 0.25) is 0 Å². The summed E-state index contributed by atoms with van der Waals surface area (Å²) in [4.78, 5) is 0.917. The van der Waals surface area contributed by atoms with Crippen molar-refractivity contribution in [3.63, 3.8) is 0 Å². The van der Waals surface area contributed by atoms with Gasteiger partial charge < -0.3 is 15.8 Å². The first kappa shape index (κ1) is 13.9. The Balaban J connectivity index is 1.85. The van der Waals surface area contributed by atoms with Gasteiger partial charge in [-0.25, -0.2) is 0 Å². The highest BCUT2D eigenvalue weighted by molar-refractivity contribution is 5.61. The van der Waals surface area contributed by atoms with Crippen LogP contribution < -0.4 is 10.6 Å². The fourth-order valence-corrected chi connectivity index (χ4v) is 2.86. The second kappa shape index (κ2) is 5.77. The Morgan fingerprint density at radius 3 is 2.71 bits per heavy atom. The van der Waals surface area contributed by atoms with Crippen molar-refractivity contribution in [2.75, 3.05) is 18.4 Å². The van der Waals surface area contributed by atoms with Gasteiger partial charge in [0.15, 0.2) is 5.82 Å². The van der Waals surface area contributed by atoms with Crippen LogP contribution in [0.25, 0.3) is 0 Å². The predicted octanol–water partition coefficient (Wildman–Crippen LogP) is 2.95. The molecule has 5 nitrogen and oxygen atoms in total. The van der Waals surface area contributed by atoms with Gasteiger partial charge in [0.25, 0.3) is 0 Å². The summed E-state index contributed by atoms with van der Waals surface area (Å²) in [7, 11) is 0. The smallest absolute Gasteiger partial charge is 0.159 e. The Kier molecular flexibility index (Phi) is 3.84. The highest BCUT2D eigenvalue weighted by Crippen LogP contribution is 2.32. The van der Waals surface area contributed by atoms with Gasteiger partial charge >= 0.3 is 0 Å². The Morgan fingerprint density at radius 2 is 2.00 bits per heavy atom. The zero-order chi connectivity index (χ0) is 14.8. The fraction of sp³-hybridized carbons (Fsp3) is 0.438. The molecule has 0 unspecified atom stereocenters. The molecule has 0 amide bonds. The van der Waals surface area contributed by atoms with Crippen LogP contribution in [-0.2, 0) is 0 Å². The third kappa shape index (κ3) is 3.03. The van der Waals surface area contributed by atoms with Crippen molar-refractivity contribution in [2.24, 2.45) is 0 Å². The van der Waals surface area contributed by atoms with Crippen molar-refractivity contribution >= 4 is 11.5 Å². The summed E-state index contributed by atoms with van der Waals surface area (Å²) in [6.07, 6.45) is 3.87. The van der Waals surface area contributed by atoms with E-state index in [9.17, 15) is 5.21 Å². The van der Waals surface area contributed by atoms with Gasteiger partial charge in [-0.15, -0.1) is 9.94 Å². The van der Waals surface area contributed by atoms with Gasteiger partial charge in [-0.1, -0.05) is 6.07 Å². The molecule has 1 saturated heterocycles. The molecular weight excluding hydrogens is 264 g/mol. The standard InChI is InChI=1S/C16H22N4O/c1-11-3-4-14(9-12(11)2)18-16-15(10-20(21)19-16)13-5-7-17-8-6-13/h3-4,9-10,13,17,21H,5-8H2,1-2H3,(H,18,19). The molecule has 0 spiro atoms. The quantitative estimate of drug-likeness (QED) is 0.759. The minimum atomic E-state index is 0.446. The highest BCUT2D eigenvalue weighted by Gasteiger charge is 2.21. The number of nitrogens with zero attached hydrogens (tertiary/aromatic N) is 2. The molecule has 0 aliphatic carbocycles. The van der Waals surface area contributed by atoms with Gasteiger partial charge in [-0.2, -0.15) is 0 Å². The summed E-state index contributed by atoms with van der Waals surface area (Å²) in [6, 6.07) is 6.25. The van der Waals surface area contributed by atoms with Crippen LogP contribution in [0.15, 0.2) is 24.4 Å². The van der Waals surface area contributed by atoms with E-state index < -0.39 is 0 Å². The van der Waals surface area contributed by atoms with Crippen molar-refractivity contribution in [1.29, 1.82) is 0 Å². The van der Waals surface area contributed by atoms with Crippen LogP contribution in [0, 0.1) is 13.8 Å². The zero-order valence-corrected chi connectivity index (χ0v) is 12.6. The molecule has 1 aromatic heterocycles. The van der Waals surface area contributed by atoms with Gasteiger partial charge in [0.2, 0.25) is 0 Å². The molecule has 0 atom stereocenters. The lowest BCUT2D eigenvalue weighted by atomic mass is 9.92. The van der Waals surface area contributed by atoms with E-state index in [0.29, 0.717) is 5.92 Å². The number of hydrogen-bond donors (Lipinski definition) is 3. The Hall–Kier alpha value is -2.01. The van der Waals surface area contributed by atoms with E-state index >= 15 is 0 Å². The minimum Gasteiger partial charge on any atom is -0.412 e. The van der Waals surface area contributed by atoms with Crippen LogP contribution in [0.5, 0.6) is 0 Å². The van der Waals surface area contributed by atoms with E-state index in [2.05, 4.69) is 41.7 Å². The second-order valence-electron chi connectivity index (χ2n) is 5.80. The SMILES string of the molecule is Cc1ccc(Nc2nn(O)cc2C2CCNCC2)cc1C. The predicted molar refractivity (Wildman–Crippen MR) is 83.5 cm³/mol. The van der Waals surface area contributed by atoms with E-state index in [-0.39, 0.29) is 0 Å². The van der Waals surface area contributed by atoms with Crippen molar-refractivity contribution < 1.29 is 5.21 Å². The van der Waals surface area contributed by atoms with Crippen molar-refractivity contribution in [2.45, 2.75) is 32.6 Å². The monoisotopic (exact) mass is 286 g/mol. The molecule has 21 heavy (non-hydrogen) atoms. The third-order valence-electron chi connectivity index (χ3n) is 4.28. The fourth-order valence-electron chi connectivity index (χ4n) is 2.86. The average molecular weight is 286 g/mol. The van der Waals surface area contributed by atoms with Crippen LogP contribution in [-0.4, -0.2) is 28.2 Å². The average Bonchev–Trinajstić information content (AvgIpc) is 2.85. The number of aromatic nitrogens is 2. The maximum absolute atomic E-state index is 9.69. The van der Waals surface area contributed by atoms with Gasteiger partial charge in [0.1, 0.15) is 0 Å². The van der Waals surface area contributed by atoms with E-state index in [1.54, 1.807) is 6.20 Å². The Labute approximate surface area is 124 Å². The second-order valence-corrected chi connectivity index (χ2v) is 5.80. The van der Waals surface area contributed by atoms with E-state index in [0.717, 1.165) is 47.8 Å². The first-order chi connectivity index (χ1) is 10.1. The molecule has 0 saturated carbocycles. The van der Waals surface area contributed by atoms with Crippen LogP contribution in [0.4, 0.5) is 11.5 Å². The first-order valence-corrected chi connectivity index (χ1v) is 7.47. The maximum Gasteiger partial charge on any atom is 0.159 e. The van der Waals surface area contributed by atoms with Crippen molar-refractivity contribution in [1.82, 2.24) is 15.3 Å². The molecule has 2 aromatic rings. The molecule has 1 aliphatic rings. The van der Waals surface area contributed by atoms with Crippen LogP contribution in [0.1, 0.15) is 35.4 Å². The maximum atomic E-state index is 9.69. The molecule has 2 heterocycles. The number of aryl methyl sites for hydroxylation is 2. The topological polar surface area (TPSA) is 62.1 Å². The summed E-state index contributed by atoms with van der Waals surface area (Å²) in [5.74, 6) is 1.20. The van der Waals surface area contributed by atoms with Crippen molar-refractivity contribution in [3.8, 4) is 0 Å². The lowest BCUT2D eigenvalue weighted by Crippen LogP contribution is -2.26. The Bertz CT molecular complexity index is 629. The van der Waals surface area contributed by atoms with Gasteiger partial charge in [0, 0.05) is 11.3 Å². The summed E-state index contributed by atoms with van der Waals surface area (Å²) in [5, 5.41) is 20.6. The van der Waals surface area contributed by atoms with Gasteiger partial charge in [0.05, 0.1) is 6.20 Å². The summed E-state index contributed by atoms with van der Waals surface area (Å²) >= 11 is 0. The molecule has 1 aliphatic heterocycles. The van der Waals surface area contributed by atoms with E-state index in [1.807, 2.05) is 6.07 Å². The Morgan fingerprint density at radius 1 is 1.24 bits per heavy atom. The normalized spacial score (nSPS) is 16.1. The van der Waals surface area contributed by atoms with E-state index in [4.69, 9.17) is 0 Å². The molecule has 3 rings (SSSR count). The minimum absolute atomic E-state index is 0.446. The summed E-state index contributed by atoms with van der Waals surface area (Å²) in [5.41, 5.74) is 4.61. The lowest BCUT2D eigenvalue weighted by molar-refractivity contribution is 0.149. The number of rotatable bonds is 3.